The van der Waals surface area contributed by atoms with Crippen molar-refractivity contribution in [3.05, 3.63) is 48.3 Å². The molecule has 126 valence electrons. The van der Waals surface area contributed by atoms with Crippen LogP contribution < -0.4 is 10.5 Å². The number of pyridine rings is 1. The fourth-order valence-corrected chi connectivity index (χ4v) is 2.62. The number of ether oxygens (including phenoxy) is 1. The molecule has 0 bridgehead atoms. The third-order valence-electron chi connectivity index (χ3n) is 3.89. The van der Waals surface area contributed by atoms with Crippen LogP contribution in [0.1, 0.15) is 19.4 Å². The second-order valence-electron chi connectivity index (χ2n) is 5.47. The summed E-state index contributed by atoms with van der Waals surface area (Å²) in [6.07, 6.45) is 3.64. The zero-order chi connectivity index (χ0) is 17.8. The lowest BCUT2D eigenvalue weighted by Gasteiger charge is -2.09. The summed E-state index contributed by atoms with van der Waals surface area (Å²) >= 11 is 0. The molecule has 0 saturated heterocycles. The van der Waals surface area contributed by atoms with E-state index in [0.717, 1.165) is 29.0 Å². The molecule has 0 aliphatic carbocycles. The second-order valence-corrected chi connectivity index (χ2v) is 5.47. The second kappa shape index (κ2) is 7.05. The number of hydrogen-bond acceptors (Lipinski definition) is 5. The van der Waals surface area contributed by atoms with Crippen LogP contribution in [0.25, 0.3) is 22.4 Å². The van der Waals surface area contributed by atoms with Crippen LogP contribution in [0.4, 0.5) is 5.82 Å². The Morgan fingerprint density at radius 1 is 1.20 bits per heavy atom. The van der Waals surface area contributed by atoms with Gasteiger partial charge in [-0.1, -0.05) is 0 Å². The summed E-state index contributed by atoms with van der Waals surface area (Å²) in [6.45, 7) is 5.33. The van der Waals surface area contributed by atoms with Crippen molar-refractivity contribution in [2.75, 3.05) is 12.3 Å². The topological polar surface area (TPSA) is 89.8 Å². The molecule has 6 heteroatoms. The minimum absolute atomic E-state index is 0.216. The van der Waals surface area contributed by atoms with Crippen LogP contribution in [-0.2, 0) is 6.54 Å². The lowest BCUT2D eigenvalue weighted by atomic mass is 10.0. The van der Waals surface area contributed by atoms with E-state index < -0.39 is 0 Å². The number of nitrogen functional groups attached to an aromatic ring is 1. The van der Waals surface area contributed by atoms with Crippen molar-refractivity contribution < 1.29 is 4.74 Å². The van der Waals surface area contributed by atoms with Gasteiger partial charge in [-0.3, -0.25) is 4.68 Å². The first-order valence-corrected chi connectivity index (χ1v) is 8.13. The number of anilines is 1. The molecule has 2 heterocycles. The number of rotatable bonds is 5. The molecule has 6 nitrogen and oxygen atoms in total. The highest BCUT2D eigenvalue weighted by Crippen LogP contribution is 2.31. The van der Waals surface area contributed by atoms with E-state index in [1.807, 2.05) is 55.1 Å². The highest BCUT2D eigenvalue weighted by Gasteiger charge is 2.14. The van der Waals surface area contributed by atoms with E-state index in [4.69, 9.17) is 10.5 Å². The van der Waals surface area contributed by atoms with E-state index in [-0.39, 0.29) is 5.82 Å². The van der Waals surface area contributed by atoms with Gasteiger partial charge in [0.2, 0.25) is 0 Å². The lowest BCUT2D eigenvalue weighted by Crippen LogP contribution is -1.99. The molecule has 25 heavy (non-hydrogen) atoms. The van der Waals surface area contributed by atoms with E-state index in [0.29, 0.717) is 17.9 Å². The standard InChI is InChI=1S/C19H19N5O/c1-3-24-12-14(11-22-24)16-9-18(23-19(21)17(16)10-20)13-5-7-15(8-6-13)25-4-2/h5-9,11-12H,3-4H2,1-2H3,(H2,21,23). The fraction of sp³-hybridized carbons (Fsp3) is 0.211. The van der Waals surface area contributed by atoms with Gasteiger partial charge in [-0.2, -0.15) is 10.4 Å². The van der Waals surface area contributed by atoms with Gasteiger partial charge >= 0.3 is 0 Å². The maximum absolute atomic E-state index is 9.47. The van der Waals surface area contributed by atoms with Crippen molar-refractivity contribution in [1.29, 1.82) is 5.26 Å². The minimum atomic E-state index is 0.216. The van der Waals surface area contributed by atoms with Gasteiger partial charge in [0.1, 0.15) is 23.2 Å². The Labute approximate surface area is 146 Å². The summed E-state index contributed by atoms with van der Waals surface area (Å²) in [5.41, 5.74) is 9.60. The third kappa shape index (κ3) is 3.31. The first-order chi connectivity index (χ1) is 12.2. The first-order valence-electron chi connectivity index (χ1n) is 8.13. The summed E-state index contributed by atoms with van der Waals surface area (Å²) < 4.78 is 7.28. The Balaban J connectivity index is 2.08. The molecule has 2 aromatic heterocycles. The average molecular weight is 333 g/mol. The zero-order valence-electron chi connectivity index (χ0n) is 14.2. The predicted molar refractivity (Wildman–Crippen MR) is 96.9 cm³/mol. The highest BCUT2D eigenvalue weighted by atomic mass is 16.5. The highest BCUT2D eigenvalue weighted by molar-refractivity contribution is 5.79. The molecule has 0 radical (unpaired) electrons. The van der Waals surface area contributed by atoms with Crippen molar-refractivity contribution >= 4 is 5.82 Å². The van der Waals surface area contributed by atoms with Gasteiger partial charge in [-0.05, 0) is 44.2 Å². The monoisotopic (exact) mass is 333 g/mol. The smallest absolute Gasteiger partial charge is 0.142 e. The summed E-state index contributed by atoms with van der Waals surface area (Å²) in [5.74, 6) is 1.02. The van der Waals surface area contributed by atoms with E-state index in [9.17, 15) is 5.26 Å². The molecule has 0 unspecified atom stereocenters. The van der Waals surface area contributed by atoms with Crippen molar-refractivity contribution in [2.24, 2.45) is 0 Å². The number of aryl methyl sites for hydroxylation is 1. The Kier molecular flexibility index (Phi) is 4.66. The molecule has 3 rings (SSSR count). The van der Waals surface area contributed by atoms with Gasteiger partial charge in [-0.15, -0.1) is 0 Å². The first kappa shape index (κ1) is 16.5. The number of nitrogens with two attached hydrogens (primary N) is 1. The van der Waals surface area contributed by atoms with E-state index in [1.165, 1.54) is 0 Å². The maximum Gasteiger partial charge on any atom is 0.142 e. The van der Waals surface area contributed by atoms with Crippen LogP contribution in [0, 0.1) is 11.3 Å². The maximum atomic E-state index is 9.47. The lowest BCUT2D eigenvalue weighted by molar-refractivity contribution is 0.340. The predicted octanol–water partition coefficient (Wildman–Crippen LogP) is 3.48. The SMILES string of the molecule is CCOc1ccc(-c2cc(-c3cnn(CC)c3)c(C#N)c(N)n2)cc1. The van der Waals surface area contributed by atoms with Crippen molar-refractivity contribution in [2.45, 2.75) is 20.4 Å². The van der Waals surface area contributed by atoms with Crippen LogP contribution in [0.15, 0.2) is 42.7 Å². The van der Waals surface area contributed by atoms with E-state index in [1.54, 1.807) is 6.20 Å². The van der Waals surface area contributed by atoms with Gasteiger partial charge < -0.3 is 10.5 Å². The molecule has 0 aliphatic rings. The summed E-state index contributed by atoms with van der Waals surface area (Å²) in [4.78, 5) is 4.39. The summed E-state index contributed by atoms with van der Waals surface area (Å²) in [5, 5.41) is 13.7. The van der Waals surface area contributed by atoms with Crippen LogP contribution >= 0.6 is 0 Å². The van der Waals surface area contributed by atoms with E-state index in [2.05, 4.69) is 16.2 Å². The van der Waals surface area contributed by atoms with Gasteiger partial charge in [0.05, 0.1) is 18.5 Å². The fourth-order valence-electron chi connectivity index (χ4n) is 2.62. The molecule has 3 aromatic rings. The van der Waals surface area contributed by atoms with Crippen molar-refractivity contribution in [3.8, 4) is 34.2 Å². The normalized spacial score (nSPS) is 10.4. The van der Waals surface area contributed by atoms with Crippen LogP contribution in [0.5, 0.6) is 5.75 Å². The Bertz CT molecular complexity index is 922. The molecule has 1 aromatic carbocycles. The van der Waals surface area contributed by atoms with Gasteiger partial charge in [-0.25, -0.2) is 4.98 Å². The molecule has 2 N–H and O–H groups in total. The molecule has 0 saturated carbocycles. The molecular formula is C19H19N5O. The third-order valence-corrected chi connectivity index (χ3v) is 3.89. The number of aromatic nitrogens is 3. The van der Waals surface area contributed by atoms with Gasteiger partial charge in [0, 0.05) is 29.4 Å². The molecule has 0 atom stereocenters. The number of nitriles is 1. The minimum Gasteiger partial charge on any atom is -0.494 e. The van der Waals surface area contributed by atoms with Crippen molar-refractivity contribution in [3.63, 3.8) is 0 Å². The molecule has 0 aliphatic heterocycles. The van der Waals surface area contributed by atoms with Gasteiger partial charge in [0.25, 0.3) is 0 Å². The number of benzene rings is 1. The Morgan fingerprint density at radius 2 is 1.96 bits per heavy atom. The van der Waals surface area contributed by atoms with E-state index >= 15 is 0 Å². The largest absolute Gasteiger partial charge is 0.494 e. The summed E-state index contributed by atoms with van der Waals surface area (Å²) in [7, 11) is 0. The molecular weight excluding hydrogens is 314 g/mol. The zero-order valence-corrected chi connectivity index (χ0v) is 14.2. The molecule has 0 amide bonds. The molecule has 0 spiro atoms. The van der Waals surface area contributed by atoms with Crippen LogP contribution in [0.3, 0.4) is 0 Å². The quantitative estimate of drug-likeness (QED) is 0.772. The van der Waals surface area contributed by atoms with Gasteiger partial charge in [0.15, 0.2) is 0 Å². The van der Waals surface area contributed by atoms with Crippen LogP contribution in [0.2, 0.25) is 0 Å². The number of hydrogen-bond donors (Lipinski definition) is 1. The van der Waals surface area contributed by atoms with Crippen molar-refractivity contribution in [1.82, 2.24) is 14.8 Å². The number of nitrogens with zero attached hydrogens (tertiary/aromatic N) is 4. The average Bonchev–Trinajstić information content (AvgIpc) is 3.11. The summed E-state index contributed by atoms with van der Waals surface area (Å²) in [6, 6.07) is 11.7. The molecule has 0 fully saturated rings. The van der Waals surface area contributed by atoms with Crippen LogP contribution in [-0.4, -0.2) is 21.4 Å². The Morgan fingerprint density at radius 3 is 2.56 bits per heavy atom. The Hall–Kier alpha value is -3.33.